The molecule has 0 aliphatic heterocycles. The molecule has 0 atom stereocenters. The molecule has 30 heavy (non-hydrogen) atoms. The molecule has 0 amide bonds. The van der Waals surface area contributed by atoms with Crippen molar-refractivity contribution in [2.75, 3.05) is 0 Å². The van der Waals surface area contributed by atoms with Gasteiger partial charge in [-0.2, -0.15) is 0 Å². The van der Waals surface area contributed by atoms with E-state index in [4.69, 9.17) is 0 Å². The smallest absolute Gasteiger partial charge is 0.240 e. The molecule has 1 aromatic heterocycles. The normalized spacial score (nSPS) is 11.9. The van der Waals surface area contributed by atoms with Crippen LogP contribution in [0.3, 0.4) is 0 Å². The third-order valence-electron chi connectivity index (χ3n) is 5.14. The van der Waals surface area contributed by atoms with E-state index in [1.165, 1.54) is 0 Å². The topological polar surface area (TPSA) is 74.8 Å². The van der Waals surface area contributed by atoms with Gasteiger partial charge in [0.05, 0.1) is 15.9 Å². The van der Waals surface area contributed by atoms with Crippen molar-refractivity contribution in [2.24, 2.45) is 0 Å². The fourth-order valence-corrected chi connectivity index (χ4v) is 4.62. The van der Waals surface area contributed by atoms with Crippen LogP contribution in [0.1, 0.15) is 5.56 Å². The first kappa shape index (κ1) is 18.5. The highest BCUT2D eigenvalue weighted by atomic mass is 32.2. The third kappa shape index (κ3) is 3.47. The minimum atomic E-state index is -3.67. The Kier molecular flexibility index (Phi) is 4.58. The van der Waals surface area contributed by atoms with Crippen LogP contribution in [0, 0.1) is 0 Å². The lowest BCUT2D eigenvalue weighted by atomic mass is 10.1. The second-order valence-corrected chi connectivity index (χ2v) is 8.86. The number of sulfonamides is 1. The Hall–Kier alpha value is -3.48. The first-order valence-electron chi connectivity index (χ1n) is 9.62. The summed E-state index contributed by atoms with van der Waals surface area (Å²) in [4.78, 5) is 7.99. The number of imidazole rings is 1. The third-order valence-corrected chi connectivity index (χ3v) is 6.54. The molecule has 0 aliphatic carbocycles. The van der Waals surface area contributed by atoms with E-state index in [0.29, 0.717) is 11.3 Å². The Labute approximate surface area is 174 Å². The first-order valence-corrected chi connectivity index (χ1v) is 11.1. The lowest BCUT2D eigenvalue weighted by molar-refractivity contribution is 0.581. The number of H-pyrrole nitrogens is 1. The maximum atomic E-state index is 12.9. The molecule has 5 nitrogen and oxygen atoms in total. The van der Waals surface area contributed by atoms with Crippen molar-refractivity contribution in [1.29, 1.82) is 0 Å². The van der Waals surface area contributed by atoms with Crippen LogP contribution in [-0.2, 0) is 16.6 Å². The van der Waals surface area contributed by atoms with Gasteiger partial charge < -0.3 is 4.98 Å². The summed E-state index contributed by atoms with van der Waals surface area (Å²) in [5, 5.41) is 2.13. The molecule has 2 N–H and O–H groups in total. The van der Waals surface area contributed by atoms with Crippen LogP contribution >= 0.6 is 0 Å². The Bertz CT molecular complexity index is 1450. The van der Waals surface area contributed by atoms with Crippen LogP contribution in [0.2, 0.25) is 0 Å². The number of aromatic amines is 1. The van der Waals surface area contributed by atoms with E-state index in [9.17, 15) is 8.42 Å². The molecule has 0 spiro atoms. The van der Waals surface area contributed by atoms with Gasteiger partial charge in [0.2, 0.25) is 10.0 Å². The van der Waals surface area contributed by atoms with E-state index in [2.05, 4.69) is 14.7 Å². The molecule has 0 bridgehead atoms. The average molecular weight is 414 g/mol. The van der Waals surface area contributed by atoms with Gasteiger partial charge in [0.25, 0.3) is 0 Å². The molecule has 5 aromatic rings. The van der Waals surface area contributed by atoms with Crippen molar-refractivity contribution in [3.63, 3.8) is 0 Å². The van der Waals surface area contributed by atoms with Crippen molar-refractivity contribution in [3.05, 3.63) is 96.6 Å². The Morgan fingerprint density at radius 1 is 0.833 bits per heavy atom. The molecule has 0 radical (unpaired) electrons. The number of aromatic nitrogens is 2. The van der Waals surface area contributed by atoms with E-state index < -0.39 is 10.0 Å². The lowest BCUT2D eigenvalue weighted by Crippen LogP contribution is -2.23. The zero-order valence-corrected chi connectivity index (χ0v) is 16.9. The largest absolute Gasteiger partial charge is 0.338 e. The summed E-state index contributed by atoms with van der Waals surface area (Å²) < 4.78 is 28.6. The molecular formula is C24H19N3O2S. The van der Waals surface area contributed by atoms with Gasteiger partial charge in [-0.25, -0.2) is 18.1 Å². The van der Waals surface area contributed by atoms with E-state index >= 15 is 0 Å². The SMILES string of the molecule is O=S(=O)(NCc1cccc2ccccc12)c1ccc2nc(-c3ccccc3)[nH]c2c1. The second-order valence-electron chi connectivity index (χ2n) is 7.09. The molecule has 6 heteroatoms. The Balaban J connectivity index is 1.43. The molecule has 0 fully saturated rings. The van der Waals surface area contributed by atoms with Crippen molar-refractivity contribution in [3.8, 4) is 11.4 Å². The summed E-state index contributed by atoms with van der Waals surface area (Å²) in [6, 6.07) is 28.5. The lowest BCUT2D eigenvalue weighted by Gasteiger charge is -2.09. The first-order chi connectivity index (χ1) is 14.6. The van der Waals surface area contributed by atoms with Crippen molar-refractivity contribution in [2.45, 2.75) is 11.4 Å². The summed E-state index contributed by atoms with van der Waals surface area (Å²) in [6.45, 7) is 0.222. The van der Waals surface area contributed by atoms with E-state index in [1.807, 2.05) is 72.8 Å². The summed E-state index contributed by atoms with van der Waals surface area (Å²) in [5.74, 6) is 0.712. The summed E-state index contributed by atoms with van der Waals surface area (Å²) >= 11 is 0. The minimum absolute atomic E-state index is 0.207. The van der Waals surface area contributed by atoms with Gasteiger partial charge in [0, 0.05) is 12.1 Å². The number of rotatable bonds is 5. The highest BCUT2D eigenvalue weighted by molar-refractivity contribution is 7.89. The highest BCUT2D eigenvalue weighted by Gasteiger charge is 2.16. The van der Waals surface area contributed by atoms with Crippen molar-refractivity contribution < 1.29 is 8.42 Å². The molecule has 1 heterocycles. The minimum Gasteiger partial charge on any atom is -0.338 e. The number of fused-ring (bicyclic) bond motifs is 2. The van der Waals surface area contributed by atoms with Crippen molar-refractivity contribution >= 4 is 31.8 Å². The second kappa shape index (κ2) is 7.40. The van der Waals surface area contributed by atoms with Crippen LogP contribution in [-0.4, -0.2) is 18.4 Å². The molecular weight excluding hydrogens is 394 g/mol. The number of nitrogens with zero attached hydrogens (tertiary/aromatic N) is 1. The predicted molar refractivity (Wildman–Crippen MR) is 120 cm³/mol. The summed E-state index contributed by atoms with van der Waals surface area (Å²) in [6.07, 6.45) is 0. The van der Waals surface area contributed by atoms with Crippen LogP contribution in [0.4, 0.5) is 0 Å². The Morgan fingerprint density at radius 2 is 1.60 bits per heavy atom. The van der Waals surface area contributed by atoms with Gasteiger partial charge in [-0.15, -0.1) is 0 Å². The maximum Gasteiger partial charge on any atom is 0.240 e. The van der Waals surface area contributed by atoms with E-state index in [0.717, 1.165) is 27.4 Å². The predicted octanol–water partition coefficient (Wildman–Crippen LogP) is 4.86. The molecule has 148 valence electrons. The zero-order chi connectivity index (χ0) is 20.6. The number of hydrogen-bond donors (Lipinski definition) is 2. The van der Waals surface area contributed by atoms with Gasteiger partial charge in [-0.05, 0) is 34.5 Å². The fraction of sp³-hybridized carbons (Fsp3) is 0.0417. The number of nitrogens with one attached hydrogen (secondary N) is 2. The van der Waals surface area contributed by atoms with Crippen LogP contribution in [0.5, 0.6) is 0 Å². The maximum absolute atomic E-state index is 12.9. The van der Waals surface area contributed by atoms with Gasteiger partial charge >= 0.3 is 0 Å². The van der Waals surface area contributed by atoms with Crippen LogP contribution < -0.4 is 4.72 Å². The van der Waals surface area contributed by atoms with E-state index in [-0.39, 0.29) is 11.4 Å². The van der Waals surface area contributed by atoms with Gasteiger partial charge in [0.15, 0.2) is 0 Å². The highest BCUT2D eigenvalue weighted by Crippen LogP contribution is 2.23. The summed E-state index contributed by atoms with van der Waals surface area (Å²) in [5.41, 5.74) is 3.29. The molecule has 0 saturated carbocycles. The van der Waals surface area contributed by atoms with Crippen molar-refractivity contribution in [1.82, 2.24) is 14.7 Å². The monoisotopic (exact) mass is 413 g/mol. The molecule has 4 aromatic carbocycles. The van der Waals surface area contributed by atoms with Crippen LogP contribution in [0.25, 0.3) is 33.2 Å². The van der Waals surface area contributed by atoms with Gasteiger partial charge in [-0.1, -0.05) is 72.8 Å². The van der Waals surface area contributed by atoms with Crippen LogP contribution in [0.15, 0.2) is 95.9 Å². The van der Waals surface area contributed by atoms with E-state index in [1.54, 1.807) is 18.2 Å². The summed E-state index contributed by atoms with van der Waals surface area (Å²) in [7, 11) is -3.67. The average Bonchev–Trinajstić information content (AvgIpc) is 3.22. The quantitative estimate of drug-likeness (QED) is 0.432. The standard InChI is InChI=1S/C24H19N3O2S/c28-30(29,25-16-19-11-6-10-17-7-4-5-12-21(17)19)20-13-14-22-23(15-20)27-24(26-22)18-8-2-1-3-9-18/h1-15,25H,16H2,(H,26,27). The fourth-order valence-electron chi connectivity index (χ4n) is 3.59. The molecule has 0 unspecified atom stereocenters. The van der Waals surface area contributed by atoms with Gasteiger partial charge in [-0.3, -0.25) is 0 Å². The molecule has 5 rings (SSSR count). The number of hydrogen-bond acceptors (Lipinski definition) is 3. The zero-order valence-electron chi connectivity index (χ0n) is 16.0. The molecule has 0 saturated heterocycles. The Morgan fingerprint density at radius 3 is 2.47 bits per heavy atom. The molecule has 0 aliphatic rings. The van der Waals surface area contributed by atoms with Gasteiger partial charge in [0.1, 0.15) is 5.82 Å². The number of benzene rings is 4.